The van der Waals surface area contributed by atoms with Gasteiger partial charge >= 0.3 is 0 Å². The number of nitrogens with zero attached hydrogens (tertiary/aromatic N) is 1. The molecule has 1 aromatic rings. The van der Waals surface area contributed by atoms with E-state index in [4.69, 9.17) is 0 Å². The molecule has 3 nitrogen and oxygen atoms in total. The first-order chi connectivity index (χ1) is 9.20. The molecule has 0 aliphatic carbocycles. The molecule has 0 radical (unpaired) electrons. The Hall–Kier alpha value is -1.35. The molecular weight excluding hydrogens is 236 g/mol. The van der Waals surface area contributed by atoms with Crippen LogP contribution in [-0.2, 0) is 17.8 Å². The Balaban J connectivity index is 1.82. The van der Waals surface area contributed by atoms with Crippen LogP contribution in [0.3, 0.4) is 0 Å². The summed E-state index contributed by atoms with van der Waals surface area (Å²) in [6.07, 6.45) is 2.69. The van der Waals surface area contributed by atoms with E-state index in [9.17, 15) is 4.79 Å². The average Bonchev–Trinajstić information content (AvgIpc) is 2.46. The summed E-state index contributed by atoms with van der Waals surface area (Å²) in [5, 5.41) is 3.37. The molecule has 1 N–H and O–H groups in total. The van der Waals surface area contributed by atoms with Crippen molar-refractivity contribution in [1.82, 2.24) is 10.2 Å². The number of amides is 1. The lowest BCUT2D eigenvalue weighted by Gasteiger charge is -2.29. The van der Waals surface area contributed by atoms with Gasteiger partial charge in [0.2, 0.25) is 5.91 Å². The van der Waals surface area contributed by atoms with Crippen LogP contribution in [0.1, 0.15) is 37.8 Å². The molecule has 1 heterocycles. The fourth-order valence-corrected chi connectivity index (χ4v) is 2.44. The number of carbonyl (C=O) groups excluding carboxylic acids is 1. The average molecular weight is 260 g/mol. The van der Waals surface area contributed by atoms with Crippen molar-refractivity contribution in [3.05, 3.63) is 35.4 Å². The molecule has 104 valence electrons. The van der Waals surface area contributed by atoms with Crippen molar-refractivity contribution < 1.29 is 4.79 Å². The van der Waals surface area contributed by atoms with Crippen molar-refractivity contribution in [2.45, 2.75) is 45.7 Å². The van der Waals surface area contributed by atoms with Gasteiger partial charge in [0, 0.05) is 32.1 Å². The molecule has 1 unspecified atom stereocenters. The zero-order valence-corrected chi connectivity index (χ0v) is 12.0. The predicted molar refractivity (Wildman–Crippen MR) is 77.9 cm³/mol. The van der Waals surface area contributed by atoms with E-state index in [0.29, 0.717) is 12.5 Å². The second kappa shape index (κ2) is 6.71. The fourth-order valence-electron chi connectivity index (χ4n) is 2.44. The maximum Gasteiger partial charge on any atom is 0.224 e. The van der Waals surface area contributed by atoms with Gasteiger partial charge in [0.25, 0.3) is 0 Å². The van der Waals surface area contributed by atoms with E-state index in [2.05, 4.69) is 43.4 Å². The van der Waals surface area contributed by atoms with E-state index in [0.717, 1.165) is 32.5 Å². The van der Waals surface area contributed by atoms with Crippen LogP contribution in [0.4, 0.5) is 0 Å². The maximum absolute atomic E-state index is 12.2. The van der Waals surface area contributed by atoms with E-state index >= 15 is 0 Å². The van der Waals surface area contributed by atoms with Crippen LogP contribution in [0.15, 0.2) is 24.3 Å². The molecular formula is C16H24N2O. The van der Waals surface area contributed by atoms with Gasteiger partial charge in [-0.1, -0.05) is 31.2 Å². The topological polar surface area (TPSA) is 32.3 Å². The Morgan fingerprint density at radius 2 is 2.11 bits per heavy atom. The standard InChI is InChI=1S/C16H24N2O/c1-3-13(2)17-10-8-16(19)18-11-9-14-6-4-5-7-15(14)12-18/h4-7,13,17H,3,8-12H2,1-2H3. The molecule has 0 bridgehead atoms. The van der Waals surface area contributed by atoms with Crippen molar-refractivity contribution in [2.24, 2.45) is 0 Å². The molecule has 0 aromatic heterocycles. The van der Waals surface area contributed by atoms with Crippen molar-refractivity contribution in [3.8, 4) is 0 Å². The van der Waals surface area contributed by atoms with Crippen LogP contribution in [-0.4, -0.2) is 29.9 Å². The van der Waals surface area contributed by atoms with E-state index in [1.165, 1.54) is 11.1 Å². The minimum Gasteiger partial charge on any atom is -0.338 e. The molecule has 19 heavy (non-hydrogen) atoms. The highest BCUT2D eigenvalue weighted by molar-refractivity contribution is 5.76. The largest absolute Gasteiger partial charge is 0.338 e. The fraction of sp³-hybridized carbons (Fsp3) is 0.562. The predicted octanol–water partition coefficient (Wildman–Crippen LogP) is 2.35. The molecule has 0 spiro atoms. The van der Waals surface area contributed by atoms with E-state index in [1.54, 1.807) is 0 Å². The van der Waals surface area contributed by atoms with Gasteiger partial charge in [0.15, 0.2) is 0 Å². The van der Waals surface area contributed by atoms with Gasteiger partial charge in [-0.15, -0.1) is 0 Å². The number of hydrogen-bond donors (Lipinski definition) is 1. The minimum atomic E-state index is 0.269. The zero-order valence-electron chi connectivity index (χ0n) is 12.0. The van der Waals surface area contributed by atoms with Crippen LogP contribution in [0, 0.1) is 0 Å². The number of hydrogen-bond acceptors (Lipinski definition) is 2. The summed E-state index contributed by atoms with van der Waals surface area (Å²) in [7, 11) is 0. The number of nitrogens with one attached hydrogen (secondary N) is 1. The Bertz CT molecular complexity index is 431. The molecule has 1 aliphatic rings. The first-order valence-electron chi connectivity index (χ1n) is 7.28. The SMILES string of the molecule is CCC(C)NCCC(=O)N1CCc2ccccc2C1. The zero-order chi connectivity index (χ0) is 13.7. The third-order valence-electron chi connectivity index (χ3n) is 3.93. The molecule has 0 saturated carbocycles. The highest BCUT2D eigenvalue weighted by atomic mass is 16.2. The van der Waals surface area contributed by atoms with Crippen molar-refractivity contribution in [2.75, 3.05) is 13.1 Å². The molecule has 1 aromatic carbocycles. The number of benzene rings is 1. The van der Waals surface area contributed by atoms with E-state index in [1.807, 2.05) is 4.90 Å². The lowest BCUT2D eigenvalue weighted by molar-refractivity contribution is -0.132. The summed E-state index contributed by atoms with van der Waals surface area (Å²) < 4.78 is 0. The summed E-state index contributed by atoms with van der Waals surface area (Å²) in [6.45, 7) is 6.73. The van der Waals surface area contributed by atoms with Gasteiger partial charge < -0.3 is 10.2 Å². The molecule has 3 heteroatoms. The molecule has 0 saturated heterocycles. The van der Waals surface area contributed by atoms with Gasteiger partial charge in [-0.2, -0.15) is 0 Å². The summed E-state index contributed by atoms with van der Waals surface area (Å²) in [4.78, 5) is 14.2. The van der Waals surface area contributed by atoms with Crippen molar-refractivity contribution >= 4 is 5.91 Å². The lowest BCUT2D eigenvalue weighted by Crippen LogP contribution is -2.38. The van der Waals surface area contributed by atoms with Gasteiger partial charge in [0.05, 0.1) is 0 Å². The molecule has 1 atom stereocenters. The van der Waals surface area contributed by atoms with Crippen LogP contribution < -0.4 is 5.32 Å². The Kier molecular flexibility index (Phi) is 4.97. The number of rotatable bonds is 5. The first kappa shape index (κ1) is 14.1. The Morgan fingerprint density at radius 1 is 1.37 bits per heavy atom. The van der Waals surface area contributed by atoms with E-state index in [-0.39, 0.29) is 5.91 Å². The minimum absolute atomic E-state index is 0.269. The highest BCUT2D eigenvalue weighted by Crippen LogP contribution is 2.18. The lowest BCUT2D eigenvalue weighted by atomic mass is 10.00. The maximum atomic E-state index is 12.2. The monoisotopic (exact) mass is 260 g/mol. The second-order valence-corrected chi connectivity index (χ2v) is 5.35. The molecule has 1 aliphatic heterocycles. The summed E-state index contributed by atoms with van der Waals surface area (Å²) >= 11 is 0. The third kappa shape index (κ3) is 3.80. The number of carbonyl (C=O) groups is 1. The van der Waals surface area contributed by atoms with Crippen LogP contribution in [0.25, 0.3) is 0 Å². The number of fused-ring (bicyclic) bond motifs is 1. The molecule has 2 rings (SSSR count). The normalized spacial score (nSPS) is 16.0. The summed E-state index contributed by atoms with van der Waals surface area (Å²) in [5.74, 6) is 0.269. The summed E-state index contributed by atoms with van der Waals surface area (Å²) in [6, 6.07) is 8.92. The second-order valence-electron chi connectivity index (χ2n) is 5.35. The van der Waals surface area contributed by atoms with Gasteiger partial charge in [-0.3, -0.25) is 4.79 Å². The first-order valence-corrected chi connectivity index (χ1v) is 7.28. The van der Waals surface area contributed by atoms with Gasteiger partial charge in [-0.25, -0.2) is 0 Å². The van der Waals surface area contributed by atoms with Crippen LogP contribution in [0.5, 0.6) is 0 Å². The van der Waals surface area contributed by atoms with E-state index < -0.39 is 0 Å². The van der Waals surface area contributed by atoms with Crippen LogP contribution in [0.2, 0.25) is 0 Å². The van der Waals surface area contributed by atoms with Gasteiger partial charge in [-0.05, 0) is 30.9 Å². The smallest absolute Gasteiger partial charge is 0.224 e. The van der Waals surface area contributed by atoms with Crippen LogP contribution >= 0.6 is 0 Å². The third-order valence-corrected chi connectivity index (χ3v) is 3.93. The summed E-state index contributed by atoms with van der Waals surface area (Å²) in [5.41, 5.74) is 2.70. The van der Waals surface area contributed by atoms with Crippen molar-refractivity contribution in [1.29, 1.82) is 0 Å². The Morgan fingerprint density at radius 3 is 2.84 bits per heavy atom. The van der Waals surface area contributed by atoms with Crippen molar-refractivity contribution in [3.63, 3.8) is 0 Å². The van der Waals surface area contributed by atoms with Gasteiger partial charge in [0.1, 0.15) is 0 Å². The quantitative estimate of drug-likeness (QED) is 0.881. The molecule has 0 fully saturated rings. The Labute approximate surface area is 116 Å². The highest BCUT2D eigenvalue weighted by Gasteiger charge is 2.19. The molecule has 1 amide bonds.